The molecule has 2 aromatic carbocycles. The van der Waals surface area contributed by atoms with Crippen LogP contribution in [0.5, 0.6) is 0 Å². The monoisotopic (exact) mass is 429 g/mol. The lowest BCUT2D eigenvalue weighted by atomic mass is 10.2. The molecule has 1 aliphatic heterocycles. The molecule has 160 valence electrons. The molecule has 1 saturated heterocycles. The maximum atomic E-state index is 13.8. The number of aromatic nitrogens is 3. The fraction of sp³-hybridized carbons (Fsp3) is 0.250. The van der Waals surface area contributed by atoms with Gasteiger partial charge in [0, 0.05) is 24.3 Å². The van der Waals surface area contributed by atoms with Crippen molar-refractivity contribution in [1.29, 1.82) is 0 Å². The first-order valence-electron chi connectivity index (χ1n) is 9.50. The summed E-state index contributed by atoms with van der Waals surface area (Å²) < 4.78 is 46.1. The van der Waals surface area contributed by atoms with E-state index in [1.807, 2.05) is 4.90 Å². The van der Waals surface area contributed by atoms with Crippen LogP contribution in [0.1, 0.15) is 5.56 Å². The van der Waals surface area contributed by atoms with E-state index in [4.69, 9.17) is 4.74 Å². The third-order valence-corrected chi connectivity index (χ3v) is 4.46. The second-order valence-corrected chi connectivity index (χ2v) is 6.59. The van der Waals surface area contributed by atoms with E-state index in [1.54, 1.807) is 0 Å². The van der Waals surface area contributed by atoms with Crippen LogP contribution in [0, 0.1) is 17.5 Å². The Hall–Kier alpha value is -3.60. The maximum Gasteiger partial charge on any atom is 0.275 e. The second-order valence-electron chi connectivity index (χ2n) is 6.59. The van der Waals surface area contributed by atoms with Crippen molar-refractivity contribution in [3.05, 3.63) is 65.5 Å². The molecule has 3 aromatic rings. The lowest BCUT2D eigenvalue weighted by Crippen LogP contribution is -2.37. The summed E-state index contributed by atoms with van der Waals surface area (Å²) >= 11 is 0. The van der Waals surface area contributed by atoms with Gasteiger partial charge in [-0.3, -0.25) is 0 Å². The molecule has 0 radical (unpaired) electrons. The van der Waals surface area contributed by atoms with E-state index in [9.17, 15) is 13.2 Å². The number of halogens is 3. The Balaban J connectivity index is 1.59. The molecule has 0 amide bonds. The Labute approximate surface area is 175 Å². The fourth-order valence-electron chi connectivity index (χ4n) is 2.87. The van der Waals surface area contributed by atoms with Crippen molar-refractivity contribution in [2.75, 3.05) is 36.5 Å². The Bertz CT molecular complexity index is 1050. The van der Waals surface area contributed by atoms with E-state index in [2.05, 4.69) is 30.5 Å². The van der Waals surface area contributed by atoms with Gasteiger partial charge in [-0.05, 0) is 36.4 Å². The zero-order valence-electron chi connectivity index (χ0n) is 16.3. The third kappa shape index (κ3) is 5.31. The van der Waals surface area contributed by atoms with Crippen LogP contribution in [0.15, 0.2) is 52.7 Å². The van der Waals surface area contributed by atoms with E-state index < -0.39 is 11.6 Å². The summed E-state index contributed by atoms with van der Waals surface area (Å²) in [6.07, 6.45) is 0. The summed E-state index contributed by atoms with van der Waals surface area (Å²) in [6, 6.07) is 9.26. The first-order valence-corrected chi connectivity index (χ1v) is 9.50. The van der Waals surface area contributed by atoms with E-state index >= 15 is 0 Å². The maximum absolute atomic E-state index is 13.8. The van der Waals surface area contributed by atoms with Crippen LogP contribution in [-0.4, -0.2) is 41.3 Å². The molecule has 0 spiro atoms. The highest BCUT2D eigenvalue weighted by atomic mass is 19.1. The van der Waals surface area contributed by atoms with Crippen LogP contribution < -0.4 is 10.2 Å². The number of rotatable bonds is 6. The van der Waals surface area contributed by atoms with Gasteiger partial charge in [0.2, 0.25) is 11.9 Å². The molecule has 31 heavy (non-hydrogen) atoms. The Morgan fingerprint density at radius 2 is 1.65 bits per heavy atom. The summed E-state index contributed by atoms with van der Waals surface area (Å²) in [5.41, 5.74) is 0.371. The lowest BCUT2D eigenvalue weighted by molar-refractivity contribution is 0.122. The molecule has 0 bridgehead atoms. The predicted molar refractivity (Wildman–Crippen MR) is 107 cm³/mol. The highest BCUT2D eigenvalue weighted by Gasteiger charge is 2.17. The van der Waals surface area contributed by atoms with Crippen molar-refractivity contribution in [2.45, 2.75) is 6.54 Å². The van der Waals surface area contributed by atoms with E-state index in [0.29, 0.717) is 37.9 Å². The van der Waals surface area contributed by atoms with Crippen molar-refractivity contribution in [3.8, 4) is 0 Å². The zero-order chi connectivity index (χ0) is 21.6. The molecule has 0 unspecified atom stereocenters. The van der Waals surface area contributed by atoms with Crippen LogP contribution in [0.25, 0.3) is 0 Å². The minimum atomic E-state index is -0.706. The molecule has 1 aromatic heterocycles. The Kier molecular flexibility index (Phi) is 6.32. The van der Waals surface area contributed by atoms with Crippen LogP contribution in [0.4, 0.5) is 36.7 Å². The largest absolute Gasteiger partial charge is 0.378 e. The number of nitrogens with one attached hydrogen (secondary N) is 1. The fourth-order valence-corrected chi connectivity index (χ4v) is 2.87. The van der Waals surface area contributed by atoms with Gasteiger partial charge in [-0.15, -0.1) is 5.11 Å². The van der Waals surface area contributed by atoms with Crippen molar-refractivity contribution in [2.24, 2.45) is 10.2 Å². The topological polar surface area (TPSA) is 87.9 Å². The number of anilines is 3. The molecule has 2 heterocycles. The number of hydrogen-bond donors (Lipinski definition) is 1. The van der Waals surface area contributed by atoms with Gasteiger partial charge in [-0.2, -0.15) is 20.1 Å². The van der Waals surface area contributed by atoms with Gasteiger partial charge in [0.1, 0.15) is 17.5 Å². The normalized spacial score (nSPS) is 14.2. The summed E-state index contributed by atoms with van der Waals surface area (Å²) in [5, 5.41) is 10.7. The highest BCUT2D eigenvalue weighted by molar-refractivity contribution is 5.55. The number of benzene rings is 2. The van der Waals surface area contributed by atoms with Crippen LogP contribution in [0.2, 0.25) is 0 Å². The van der Waals surface area contributed by atoms with Crippen molar-refractivity contribution >= 4 is 23.5 Å². The van der Waals surface area contributed by atoms with Gasteiger partial charge in [-0.25, -0.2) is 13.2 Å². The average molecular weight is 429 g/mol. The SMILES string of the molecule is Fc1ccc(Nc2nc(N=NCc3c(F)cccc3F)nc(N3CCOCC3)n2)cc1. The minimum Gasteiger partial charge on any atom is -0.378 e. The van der Waals surface area contributed by atoms with Crippen molar-refractivity contribution < 1.29 is 17.9 Å². The van der Waals surface area contributed by atoms with Gasteiger partial charge in [0.25, 0.3) is 5.95 Å². The van der Waals surface area contributed by atoms with E-state index in [-0.39, 0.29) is 29.8 Å². The molecular formula is C20H18F3N7O. The van der Waals surface area contributed by atoms with Gasteiger partial charge in [0.15, 0.2) is 0 Å². The summed E-state index contributed by atoms with van der Waals surface area (Å²) in [6.45, 7) is 1.90. The van der Waals surface area contributed by atoms with E-state index in [0.717, 1.165) is 12.1 Å². The summed E-state index contributed by atoms with van der Waals surface area (Å²) in [7, 11) is 0. The molecule has 1 aliphatic rings. The highest BCUT2D eigenvalue weighted by Crippen LogP contribution is 2.21. The first-order chi connectivity index (χ1) is 15.1. The molecule has 0 saturated carbocycles. The average Bonchev–Trinajstić information content (AvgIpc) is 2.78. The smallest absolute Gasteiger partial charge is 0.275 e. The van der Waals surface area contributed by atoms with Gasteiger partial charge < -0.3 is 15.0 Å². The van der Waals surface area contributed by atoms with Crippen LogP contribution in [-0.2, 0) is 11.3 Å². The number of ether oxygens (including phenoxy) is 1. The number of morpholine rings is 1. The quantitative estimate of drug-likeness (QED) is 0.593. The zero-order valence-corrected chi connectivity index (χ0v) is 16.3. The predicted octanol–water partition coefficient (Wildman–Crippen LogP) is 4.15. The standard InChI is InChI=1S/C20H18F3N7O/c21-13-4-6-14(7-5-13)25-18-26-19(28-20(27-18)30-8-10-31-11-9-30)29-24-12-15-16(22)2-1-3-17(15)23/h1-7H,8-12H2,(H,25,26,27,28). The lowest BCUT2D eigenvalue weighted by Gasteiger charge is -2.26. The molecule has 0 atom stereocenters. The van der Waals surface area contributed by atoms with Gasteiger partial charge >= 0.3 is 0 Å². The molecule has 4 rings (SSSR count). The van der Waals surface area contributed by atoms with E-state index in [1.165, 1.54) is 30.3 Å². The molecule has 0 aliphatic carbocycles. The molecule has 1 N–H and O–H groups in total. The van der Waals surface area contributed by atoms with Gasteiger partial charge in [-0.1, -0.05) is 6.07 Å². The summed E-state index contributed by atoms with van der Waals surface area (Å²) in [4.78, 5) is 14.8. The second kappa shape index (κ2) is 9.47. The number of nitrogens with zero attached hydrogens (tertiary/aromatic N) is 6. The van der Waals surface area contributed by atoms with Crippen LogP contribution in [0.3, 0.4) is 0 Å². The molecule has 8 nitrogen and oxygen atoms in total. The Morgan fingerprint density at radius 3 is 2.35 bits per heavy atom. The molecule has 11 heteroatoms. The molecule has 1 fully saturated rings. The Morgan fingerprint density at radius 1 is 0.935 bits per heavy atom. The number of hydrogen-bond acceptors (Lipinski definition) is 8. The van der Waals surface area contributed by atoms with Crippen LogP contribution >= 0.6 is 0 Å². The van der Waals surface area contributed by atoms with Crippen molar-refractivity contribution in [3.63, 3.8) is 0 Å². The molecular weight excluding hydrogens is 411 g/mol. The minimum absolute atomic E-state index is 0.0298. The third-order valence-electron chi connectivity index (χ3n) is 4.46. The number of azo groups is 1. The first kappa shape index (κ1) is 20.7. The van der Waals surface area contributed by atoms with Gasteiger partial charge in [0.05, 0.1) is 19.8 Å². The van der Waals surface area contributed by atoms with Crippen molar-refractivity contribution in [1.82, 2.24) is 15.0 Å². The summed E-state index contributed by atoms with van der Waals surface area (Å²) in [5.74, 6) is -1.28.